The van der Waals surface area contributed by atoms with Gasteiger partial charge in [-0.2, -0.15) is 0 Å². The van der Waals surface area contributed by atoms with E-state index in [9.17, 15) is 0 Å². The Bertz CT molecular complexity index is 266. The molecule has 0 atom stereocenters. The average molecular weight is 222 g/mol. The van der Waals surface area contributed by atoms with E-state index in [2.05, 4.69) is 39.8 Å². The van der Waals surface area contributed by atoms with E-state index in [-0.39, 0.29) is 5.60 Å². The van der Waals surface area contributed by atoms with Crippen molar-refractivity contribution in [3.05, 3.63) is 23.5 Å². The molecule has 1 aliphatic carbocycles. The van der Waals surface area contributed by atoms with Crippen molar-refractivity contribution in [2.75, 3.05) is 0 Å². The predicted octanol–water partition coefficient (Wildman–Crippen LogP) is 4.99. The van der Waals surface area contributed by atoms with Crippen molar-refractivity contribution in [1.82, 2.24) is 0 Å². The lowest BCUT2D eigenvalue weighted by molar-refractivity contribution is 0.0569. The lowest BCUT2D eigenvalue weighted by atomic mass is 10.1. The van der Waals surface area contributed by atoms with Crippen LogP contribution in [0, 0.1) is 0 Å². The first-order valence-corrected chi connectivity index (χ1v) is 6.61. The standard InChI is InChI=1S/C15H26O/c1-5-6-7-8-10-13-11-9-12-14(13)16-15(2,3)4/h11-12H,5-10H2,1-4H3. The molecule has 1 heteroatoms. The van der Waals surface area contributed by atoms with Crippen LogP contribution >= 0.6 is 0 Å². The normalized spacial score (nSPS) is 16.0. The molecule has 0 aromatic carbocycles. The van der Waals surface area contributed by atoms with E-state index in [1.807, 2.05) is 0 Å². The Morgan fingerprint density at radius 2 is 1.88 bits per heavy atom. The highest BCUT2D eigenvalue weighted by atomic mass is 16.5. The van der Waals surface area contributed by atoms with Gasteiger partial charge in [0.15, 0.2) is 0 Å². The van der Waals surface area contributed by atoms with Gasteiger partial charge in [-0.05, 0) is 51.7 Å². The first-order chi connectivity index (χ1) is 7.53. The topological polar surface area (TPSA) is 9.23 Å². The SMILES string of the molecule is CCCCCCC1=CCC=C1OC(C)(C)C. The molecule has 0 fully saturated rings. The van der Waals surface area contributed by atoms with Gasteiger partial charge in [-0.15, -0.1) is 0 Å². The Kier molecular flexibility index (Phi) is 5.11. The molecule has 0 aliphatic heterocycles. The molecule has 0 saturated heterocycles. The van der Waals surface area contributed by atoms with Crippen LogP contribution in [-0.4, -0.2) is 5.60 Å². The van der Waals surface area contributed by atoms with Gasteiger partial charge in [-0.3, -0.25) is 0 Å². The molecule has 0 bridgehead atoms. The van der Waals surface area contributed by atoms with E-state index in [0.717, 1.165) is 12.2 Å². The smallest absolute Gasteiger partial charge is 0.119 e. The Hall–Kier alpha value is -0.720. The third-order valence-corrected chi connectivity index (χ3v) is 2.70. The lowest BCUT2D eigenvalue weighted by Gasteiger charge is -2.23. The molecule has 0 saturated carbocycles. The maximum atomic E-state index is 5.96. The minimum Gasteiger partial charge on any atom is -0.488 e. The number of unbranched alkanes of at least 4 members (excludes halogenated alkanes) is 3. The molecule has 1 rings (SSSR count). The van der Waals surface area contributed by atoms with E-state index < -0.39 is 0 Å². The molecule has 1 nitrogen and oxygen atoms in total. The van der Waals surface area contributed by atoms with Crippen molar-refractivity contribution in [3.63, 3.8) is 0 Å². The van der Waals surface area contributed by atoms with Gasteiger partial charge in [-0.1, -0.05) is 32.3 Å². The molecular formula is C15H26O. The fraction of sp³-hybridized carbons (Fsp3) is 0.733. The van der Waals surface area contributed by atoms with Gasteiger partial charge in [0.2, 0.25) is 0 Å². The number of hydrogen-bond donors (Lipinski definition) is 0. The van der Waals surface area contributed by atoms with E-state index in [1.54, 1.807) is 0 Å². The van der Waals surface area contributed by atoms with Gasteiger partial charge >= 0.3 is 0 Å². The van der Waals surface area contributed by atoms with Gasteiger partial charge in [0.1, 0.15) is 11.4 Å². The van der Waals surface area contributed by atoms with Gasteiger partial charge in [0, 0.05) is 0 Å². The number of hydrogen-bond acceptors (Lipinski definition) is 1. The summed E-state index contributed by atoms with van der Waals surface area (Å²) < 4.78 is 5.96. The highest BCUT2D eigenvalue weighted by Gasteiger charge is 2.18. The molecule has 92 valence electrons. The summed E-state index contributed by atoms with van der Waals surface area (Å²) in [5, 5.41) is 0. The minimum atomic E-state index is -0.0708. The van der Waals surface area contributed by atoms with Gasteiger partial charge in [0.25, 0.3) is 0 Å². The molecule has 0 N–H and O–H groups in total. The molecular weight excluding hydrogens is 196 g/mol. The van der Waals surface area contributed by atoms with Crippen LogP contribution in [0.5, 0.6) is 0 Å². The van der Waals surface area contributed by atoms with E-state index >= 15 is 0 Å². The van der Waals surface area contributed by atoms with Crippen molar-refractivity contribution in [2.24, 2.45) is 0 Å². The van der Waals surface area contributed by atoms with Crippen molar-refractivity contribution in [3.8, 4) is 0 Å². The van der Waals surface area contributed by atoms with Gasteiger partial charge < -0.3 is 4.74 Å². The monoisotopic (exact) mass is 222 g/mol. The maximum absolute atomic E-state index is 5.96. The molecule has 16 heavy (non-hydrogen) atoms. The second-order valence-corrected chi connectivity index (χ2v) is 5.56. The number of rotatable bonds is 6. The second-order valence-electron chi connectivity index (χ2n) is 5.56. The Labute approximate surface area is 101 Å². The van der Waals surface area contributed by atoms with Crippen LogP contribution in [0.2, 0.25) is 0 Å². The molecule has 1 aliphatic rings. The zero-order valence-electron chi connectivity index (χ0n) is 11.3. The van der Waals surface area contributed by atoms with Crippen LogP contribution in [0.4, 0.5) is 0 Å². The summed E-state index contributed by atoms with van der Waals surface area (Å²) in [6.45, 7) is 8.59. The highest BCUT2D eigenvalue weighted by Crippen LogP contribution is 2.29. The predicted molar refractivity (Wildman–Crippen MR) is 70.4 cm³/mol. The quantitative estimate of drug-likeness (QED) is 0.575. The summed E-state index contributed by atoms with van der Waals surface area (Å²) in [5.41, 5.74) is 1.35. The number of allylic oxidation sites excluding steroid dienone is 3. The summed E-state index contributed by atoms with van der Waals surface area (Å²) in [5.74, 6) is 1.13. The third-order valence-electron chi connectivity index (χ3n) is 2.70. The van der Waals surface area contributed by atoms with Crippen molar-refractivity contribution in [2.45, 2.75) is 71.8 Å². The second kappa shape index (κ2) is 6.12. The van der Waals surface area contributed by atoms with Crippen molar-refractivity contribution in [1.29, 1.82) is 0 Å². The van der Waals surface area contributed by atoms with Crippen LogP contribution in [-0.2, 0) is 4.74 Å². The highest BCUT2D eigenvalue weighted by molar-refractivity contribution is 5.32. The van der Waals surface area contributed by atoms with E-state index in [0.29, 0.717) is 0 Å². The molecule has 0 aromatic rings. The van der Waals surface area contributed by atoms with Crippen LogP contribution < -0.4 is 0 Å². The van der Waals surface area contributed by atoms with Gasteiger partial charge in [0.05, 0.1) is 0 Å². The molecule has 0 spiro atoms. The van der Waals surface area contributed by atoms with Crippen LogP contribution in [0.3, 0.4) is 0 Å². The summed E-state index contributed by atoms with van der Waals surface area (Å²) >= 11 is 0. The zero-order valence-corrected chi connectivity index (χ0v) is 11.3. The largest absolute Gasteiger partial charge is 0.488 e. The van der Waals surface area contributed by atoms with E-state index in [1.165, 1.54) is 37.7 Å². The maximum Gasteiger partial charge on any atom is 0.119 e. The van der Waals surface area contributed by atoms with Crippen LogP contribution in [0.25, 0.3) is 0 Å². The Morgan fingerprint density at radius 1 is 1.12 bits per heavy atom. The molecule has 0 radical (unpaired) electrons. The zero-order chi connectivity index (χ0) is 12.0. The Balaban J connectivity index is 2.34. The molecule has 0 unspecified atom stereocenters. The molecule has 0 heterocycles. The third kappa shape index (κ3) is 4.87. The summed E-state index contributed by atoms with van der Waals surface area (Å²) in [4.78, 5) is 0. The number of ether oxygens (including phenoxy) is 1. The Morgan fingerprint density at radius 3 is 2.50 bits per heavy atom. The average Bonchev–Trinajstić information content (AvgIpc) is 2.58. The van der Waals surface area contributed by atoms with Crippen molar-refractivity contribution >= 4 is 0 Å². The lowest BCUT2D eigenvalue weighted by Crippen LogP contribution is -2.18. The molecule has 0 aromatic heterocycles. The van der Waals surface area contributed by atoms with Gasteiger partial charge in [-0.25, -0.2) is 0 Å². The van der Waals surface area contributed by atoms with Crippen LogP contribution in [0.15, 0.2) is 23.5 Å². The fourth-order valence-electron chi connectivity index (χ4n) is 1.94. The van der Waals surface area contributed by atoms with Crippen LogP contribution in [0.1, 0.15) is 66.2 Å². The summed E-state index contributed by atoms with van der Waals surface area (Å²) in [6, 6.07) is 0. The first kappa shape index (κ1) is 13.3. The summed E-state index contributed by atoms with van der Waals surface area (Å²) in [6.07, 6.45) is 12.1. The minimum absolute atomic E-state index is 0.0708. The van der Waals surface area contributed by atoms with Crippen molar-refractivity contribution < 1.29 is 4.74 Å². The van der Waals surface area contributed by atoms with E-state index in [4.69, 9.17) is 4.74 Å². The first-order valence-electron chi connectivity index (χ1n) is 6.61. The fourth-order valence-corrected chi connectivity index (χ4v) is 1.94. The summed E-state index contributed by atoms with van der Waals surface area (Å²) in [7, 11) is 0. The molecule has 0 amide bonds.